The molecule has 110 valence electrons. The number of amides is 1. The summed E-state index contributed by atoms with van der Waals surface area (Å²) in [5.74, 6) is 0.330. The lowest BCUT2D eigenvalue weighted by Crippen LogP contribution is -2.46. The van der Waals surface area contributed by atoms with Crippen LogP contribution >= 0.6 is 0 Å². The number of benzene rings is 1. The Balaban J connectivity index is 2.25. The molecule has 0 spiro atoms. The molecule has 1 saturated carbocycles. The van der Waals surface area contributed by atoms with Crippen LogP contribution in [0.25, 0.3) is 0 Å². The number of carbonyl (C=O) groups excluding carboxylic acids is 1. The van der Waals surface area contributed by atoms with Gasteiger partial charge in [-0.25, -0.2) is 0 Å². The molecule has 2 heteroatoms. The van der Waals surface area contributed by atoms with Crippen LogP contribution in [0.15, 0.2) is 30.3 Å². The summed E-state index contributed by atoms with van der Waals surface area (Å²) in [6.07, 6.45) is 7.84. The molecule has 0 atom stereocenters. The molecule has 0 aliphatic heterocycles. The fourth-order valence-electron chi connectivity index (χ4n) is 3.40. The zero-order valence-electron chi connectivity index (χ0n) is 12.9. The highest BCUT2D eigenvalue weighted by Crippen LogP contribution is 2.40. The van der Waals surface area contributed by atoms with Gasteiger partial charge in [0.05, 0.1) is 5.41 Å². The number of rotatable bonds is 5. The van der Waals surface area contributed by atoms with Crippen LogP contribution in [0.1, 0.15) is 57.4 Å². The van der Waals surface area contributed by atoms with Gasteiger partial charge in [-0.15, -0.1) is 0 Å². The first-order valence-corrected chi connectivity index (χ1v) is 8.02. The van der Waals surface area contributed by atoms with Crippen LogP contribution in [-0.2, 0) is 10.2 Å². The maximum Gasteiger partial charge on any atom is 0.232 e. The lowest BCUT2D eigenvalue weighted by atomic mass is 9.68. The Bertz CT molecular complexity index is 420. The predicted octanol–water partition coefficient (Wildman–Crippen LogP) is 4.15. The third kappa shape index (κ3) is 3.05. The molecule has 0 bridgehead atoms. The van der Waals surface area contributed by atoms with Crippen LogP contribution in [0, 0.1) is 0 Å². The molecular weight excluding hydrogens is 246 g/mol. The number of nitrogens with zero attached hydrogens (tertiary/aromatic N) is 1. The minimum absolute atomic E-state index is 0.262. The molecule has 0 N–H and O–H groups in total. The average Bonchev–Trinajstić information content (AvgIpc) is 2.53. The van der Waals surface area contributed by atoms with Crippen molar-refractivity contribution in [2.75, 3.05) is 13.6 Å². The molecule has 0 heterocycles. The zero-order chi connectivity index (χ0) is 14.4. The number of hydrogen-bond acceptors (Lipinski definition) is 1. The van der Waals surface area contributed by atoms with Gasteiger partial charge < -0.3 is 4.90 Å². The molecule has 20 heavy (non-hydrogen) atoms. The molecule has 0 unspecified atom stereocenters. The van der Waals surface area contributed by atoms with Crippen LogP contribution in [0.2, 0.25) is 0 Å². The molecule has 1 aliphatic rings. The van der Waals surface area contributed by atoms with Gasteiger partial charge in [0.1, 0.15) is 0 Å². The van der Waals surface area contributed by atoms with Crippen molar-refractivity contribution in [1.82, 2.24) is 4.90 Å². The van der Waals surface area contributed by atoms with Crippen molar-refractivity contribution in [3.8, 4) is 0 Å². The number of unbranched alkanes of at least 4 members (excludes halogenated alkanes) is 1. The lowest BCUT2D eigenvalue weighted by molar-refractivity contribution is -0.137. The van der Waals surface area contributed by atoms with E-state index in [0.717, 1.165) is 32.2 Å². The third-order valence-electron chi connectivity index (χ3n) is 4.64. The minimum atomic E-state index is -0.262. The van der Waals surface area contributed by atoms with E-state index in [4.69, 9.17) is 0 Å². The molecule has 1 aromatic rings. The molecule has 1 fully saturated rings. The van der Waals surface area contributed by atoms with Crippen molar-refractivity contribution in [3.05, 3.63) is 35.9 Å². The Hall–Kier alpha value is -1.31. The monoisotopic (exact) mass is 273 g/mol. The van der Waals surface area contributed by atoms with Gasteiger partial charge in [0.15, 0.2) is 0 Å². The van der Waals surface area contributed by atoms with Gasteiger partial charge in [0, 0.05) is 13.6 Å². The molecule has 0 radical (unpaired) electrons. The SMILES string of the molecule is CCCCN(C)C(=O)C1(c2ccccc2)CCCCC1. The van der Waals surface area contributed by atoms with E-state index in [1.54, 1.807) is 0 Å². The minimum Gasteiger partial charge on any atom is -0.345 e. The summed E-state index contributed by atoms with van der Waals surface area (Å²) in [7, 11) is 1.97. The van der Waals surface area contributed by atoms with Crippen LogP contribution in [0.5, 0.6) is 0 Å². The highest BCUT2D eigenvalue weighted by molar-refractivity contribution is 5.88. The molecule has 2 nitrogen and oxygen atoms in total. The maximum absolute atomic E-state index is 13.1. The second kappa shape index (κ2) is 6.92. The summed E-state index contributed by atoms with van der Waals surface area (Å²) in [6, 6.07) is 10.4. The van der Waals surface area contributed by atoms with Crippen molar-refractivity contribution in [2.24, 2.45) is 0 Å². The summed E-state index contributed by atoms with van der Waals surface area (Å²) in [5, 5.41) is 0. The fraction of sp³-hybridized carbons (Fsp3) is 0.611. The Kier molecular flexibility index (Phi) is 5.22. The zero-order valence-corrected chi connectivity index (χ0v) is 12.9. The van der Waals surface area contributed by atoms with Gasteiger partial charge in [-0.2, -0.15) is 0 Å². The van der Waals surface area contributed by atoms with Crippen LogP contribution < -0.4 is 0 Å². The number of carbonyl (C=O) groups is 1. The molecule has 1 aliphatic carbocycles. The number of hydrogen-bond donors (Lipinski definition) is 0. The third-order valence-corrected chi connectivity index (χ3v) is 4.64. The molecule has 0 aromatic heterocycles. The second-order valence-corrected chi connectivity index (χ2v) is 6.09. The van der Waals surface area contributed by atoms with E-state index >= 15 is 0 Å². The highest BCUT2D eigenvalue weighted by Gasteiger charge is 2.42. The number of likely N-dealkylation sites (N-methyl/N-ethyl adjacent to an activating group) is 1. The average molecular weight is 273 g/mol. The van der Waals surface area contributed by atoms with Crippen molar-refractivity contribution in [3.63, 3.8) is 0 Å². The summed E-state index contributed by atoms with van der Waals surface area (Å²) in [6.45, 7) is 3.05. The van der Waals surface area contributed by atoms with Crippen molar-refractivity contribution in [1.29, 1.82) is 0 Å². The lowest BCUT2D eigenvalue weighted by Gasteiger charge is -2.39. The first kappa shape index (κ1) is 15.1. The Morgan fingerprint density at radius 1 is 1.15 bits per heavy atom. The van der Waals surface area contributed by atoms with Crippen LogP contribution in [0.3, 0.4) is 0 Å². The van der Waals surface area contributed by atoms with E-state index in [0.29, 0.717) is 5.91 Å². The Morgan fingerprint density at radius 3 is 2.40 bits per heavy atom. The van der Waals surface area contributed by atoms with Gasteiger partial charge in [-0.05, 0) is 24.8 Å². The smallest absolute Gasteiger partial charge is 0.232 e. The van der Waals surface area contributed by atoms with Crippen molar-refractivity contribution in [2.45, 2.75) is 57.3 Å². The summed E-state index contributed by atoms with van der Waals surface area (Å²) in [4.78, 5) is 15.0. The normalized spacial score (nSPS) is 17.7. The molecule has 0 saturated heterocycles. The molecule has 1 aromatic carbocycles. The second-order valence-electron chi connectivity index (χ2n) is 6.09. The van der Waals surface area contributed by atoms with Crippen LogP contribution in [-0.4, -0.2) is 24.4 Å². The van der Waals surface area contributed by atoms with E-state index < -0.39 is 0 Å². The fourth-order valence-corrected chi connectivity index (χ4v) is 3.40. The largest absolute Gasteiger partial charge is 0.345 e. The van der Waals surface area contributed by atoms with Gasteiger partial charge in [0.25, 0.3) is 0 Å². The maximum atomic E-state index is 13.1. The Morgan fingerprint density at radius 2 is 1.80 bits per heavy atom. The van der Waals surface area contributed by atoms with Gasteiger partial charge in [-0.1, -0.05) is 62.9 Å². The van der Waals surface area contributed by atoms with Gasteiger partial charge in [0.2, 0.25) is 5.91 Å². The van der Waals surface area contributed by atoms with Gasteiger partial charge in [-0.3, -0.25) is 4.79 Å². The van der Waals surface area contributed by atoms with Crippen molar-refractivity contribution >= 4 is 5.91 Å². The quantitative estimate of drug-likeness (QED) is 0.789. The van der Waals surface area contributed by atoms with E-state index in [9.17, 15) is 4.79 Å². The molecular formula is C18H27NO. The summed E-state index contributed by atoms with van der Waals surface area (Å²) < 4.78 is 0. The molecule has 1 amide bonds. The highest BCUT2D eigenvalue weighted by atomic mass is 16.2. The van der Waals surface area contributed by atoms with E-state index in [1.807, 2.05) is 18.0 Å². The van der Waals surface area contributed by atoms with E-state index in [-0.39, 0.29) is 5.41 Å². The standard InChI is InChI=1S/C18H27NO/c1-3-4-15-19(2)17(20)18(13-9-6-10-14-18)16-11-7-5-8-12-16/h5,7-8,11-12H,3-4,6,9-10,13-15H2,1-2H3. The first-order valence-electron chi connectivity index (χ1n) is 8.02. The van der Waals surface area contributed by atoms with Gasteiger partial charge >= 0.3 is 0 Å². The predicted molar refractivity (Wildman–Crippen MR) is 83.8 cm³/mol. The molecule has 2 rings (SSSR count). The first-order chi connectivity index (χ1) is 9.70. The summed E-state index contributed by atoms with van der Waals surface area (Å²) >= 11 is 0. The van der Waals surface area contributed by atoms with E-state index in [1.165, 1.54) is 24.8 Å². The topological polar surface area (TPSA) is 20.3 Å². The Labute approximate surface area is 123 Å². The van der Waals surface area contributed by atoms with Crippen molar-refractivity contribution < 1.29 is 4.79 Å². The van der Waals surface area contributed by atoms with E-state index in [2.05, 4.69) is 31.2 Å². The summed E-state index contributed by atoms with van der Waals surface area (Å²) in [5.41, 5.74) is 0.954. The van der Waals surface area contributed by atoms with Crippen LogP contribution in [0.4, 0.5) is 0 Å².